The molecule has 2 rings (SSSR count). The first-order chi connectivity index (χ1) is 13.5. The molecule has 0 aliphatic rings. The van der Waals surface area contributed by atoms with E-state index in [2.05, 4.69) is 5.32 Å². The summed E-state index contributed by atoms with van der Waals surface area (Å²) in [6.07, 6.45) is 0. The lowest BCUT2D eigenvalue weighted by Gasteiger charge is -2.21. The number of likely N-dealkylation sites (N-methyl/N-ethyl adjacent to an activating group) is 1. The predicted octanol–water partition coefficient (Wildman–Crippen LogP) is 3.20. The number of methoxy groups -OCH3 is 2. The van der Waals surface area contributed by atoms with Gasteiger partial charge in [0.2, 0.25) is 5.91 Å². The standard InChI is InChI=1S/C21H26N2O5/c1-5-23(14-20(24)22-16-8-7-9-17(13-16)26-3)21(25)15-10-11-18(28-6-2)19(12-15)27-4/h7-13H,5-6,14H2,1-4H3,(H,22,24). The molecule has 0 heterocycles. The summed E-state index contributed by atoms with van der Waals surface area (Å²) < 4.78 is 15.9. The van der Waals surface area contributed by atoms with Crippen molar-refractivity contribution >= 4 is 17.5 Å². The van der Waals surface area contributed by atoms with E-state index in [1.807, 2.05) is 13.8 Å². The largest absolute Gasteiger partial charge is 0.497 e. The molecule has 0 saturated carbocycles. The molecule has 0 aliphatic heterocycles. The second-order valence-electron chi connectivity index (χ2n) is 5.90. The molecule has 7 nitrogen and oxygen atoms in total. The number of ether oxygens (including phenoxy) is 3. The Kier molecular flexibility index (Phi) is 7.68. The summed E-state index contributed by atoms with van der Waals surface area (Å²) in [5.41, 5.74) is 1.03. The van der Waals surface area contributed by atoms with Crippen molar-refractivity contribution in [2.45, 2.75) is 13.8 Å². The highest BCUT2D eigenvalue weighted by Gasteiger charge is 2.19. The number of nitrogens with one attached hydrogen (secondary N) is 1. The van der Waals surface area contributed by atoms with Gasteiger partial charge in [-0.2, -0.15) is 0 Å². The smallest absolute Gasteiger partial charge is 0.254 e. The van der Waals surface area contributed by atoms with Crippen LogP contribution in [-0.4, -0.2) is 50.6 Å². The van der Waals surface area contributed by atoms with Crippen LogP contribution in [0.15, 0.2) is 42.5 Å². The van der Waals surface area contributed by atoms with Gasteiger partial charge in [-0.25, -0.2) is 0 Å². The van der Waals surface area contributed by atoms with Gasteiger partial charge < -0.3 is 24.4 Å². The lowest BCUT2D eigenvalue weighted by molar-refractivity contribution is -0.116. The van der Waals surface area contributed by atoms with Crippen LogP contribution in [0.4, 0.5) is 5.69 Å². The number of benzene rings is 2. The first-order valence-electron chi connectivity index (χ1n) is 9.06. The molecule has 28 heavy (non-hydrogen) atoms. The van der Waals surface area contributed by atoms with Crippen LogP contribution < -0.4 is 19.5 Å². The SMILES string of the molecule is CCOc1ccc(C(=O)N(CC)CC(=O)Nc2cccc(OC)c2)cc1OC. The second kappa shape index (κ2) is 10.2. The molecule has 0 unspecified atom stereocenters. The molecule has 0 aliphatic carbocycles. The molecule has 0 bridgehead atoms. The van der Waals surface area contributed by atoms with Gasteiger partial charge in [-0.05, 0) is 44.2 Å². The van der Waals surface area contributed by atoms with Crippen molar-refractivity contribution in [2.75, 3.05) is 39.2 Å². The van der Waals surface area contributed by atoms with Gasteiger partial charge in [0.25, 0.3) is 5.91 Å². The van der Waals surface area contributed by atoms with E-state index in [4.69, 9.17) is 14.2 Å². The topological polar surface area (TPSA) is 77.1 Å². The molecule has 0 saturated heterocycles. The summed E-state index contributed by atoms with van der Waals surface area (Å²) in [6, 6.07) is 12.0. The Morgan fingerprint density at radius 1 is 1.00 bits per heavy atom. The molecule has 2 aromatic rings. The predicted molar refractivity (Wildman–Crippen MR) is 107 cm³/mol. The number of carbonyl (C=O) groups is 2. The van der Waals surface area contributed by atoms with Crippen LogP contribution in [0.1, 0.15) is 24.2 Å². The molecule has 0 fully saturated rings. The van der Waals surface area contributed by atoms with Crippen LogP contribution in [0.25, 0.3) is 0 Å². The Hall–Kier alpha value is -3.22. The van der Waals surface area contributed by atoms with Gasteiger partial charge in [0.1, 0.15) is 12.3 Å². The molecule has 2 aromatic carbocycles. The van der Waals surface area contributed by atoms with Crippen molar-refractivity contribution in [3.05, 3.63) is 48.0 Å². The summed E-state index contributed by atoms with van der Waals surface area (Å²) >= 11 is 0. The highest BCUT2D eigenvalue weighted by molar-refractivity contribution is 5.99. The number of nitrogens with zero attached hydrogens (tertiary/aromatic N) is 1. The van der Waals surface area contributed by atoms with E-state index in [9.17, 15) is 9.59 Å². The second-order valence-corrected chi connectivity index (χ2v) is 5.90. The molecule has 2 amide bonds. The molecular formula is C21H26N2O5. The highest BCUT2D eigenvalue weighted by atomic mass is 16.5. The number of rotatable bonds is 9. The summed E-state index contributed by atoms with van der Waals surface area (Å²) in [4.78, 5) is 26.7. The molecule has 150 valence electrons. The number of amides is 2. The Morgan fingerprint density at radius 3 is 2.43 bits per heavy atom. The molecule has 7 heteroatoms. The van der Waals surface area contributed by atoms with E-state index in [0.29, 0.717) is 41.7 Å². The highest BCUT2D eigenvalue weighted by Crippen LogP contribution is 2.28. The Morgan fingerprint density at radius 2 is 1.79 bits per heavy atom. The van der Waals surface area contributed by atoms with Gasteiger partial charge in [-0.15, -0.1) is 0 Å². The fourth-order valence-electron chi connectivity index (χ4n) is 2.66. The fraction of sp³-hybridized carbons (Fsp3) is 0.333. The van der Waals surface area contributed by atoms with E-state index < -0.39 is 0 Å². The number of hydrogen-bond acceptors (Lipinski definition) is 5. The van der Waals surface area contributed by atoms with E-state index in [-0.39, 0.29) is 18.4 Å². The van der Waals surface area contributed by atoms with Crippen molar-refractivity contribution in [1.29, 1.82) is 0 Å². The minimum atomic E-state index is -0.290. The van der Waals surface area contributed by atoms with Crippen LogP contribution in [0.3, 0.4) is 0 Å². The first kappa shape index (κ1) is 21.1. The monoisotopic (exact) mass is 386 g/mol. The van der Waals surface area contributed by atoms with Crippen LogP contribution in [0.2, 0.25) is 0 Å². The van der Waals surface area contributed by atoms with Crippen LogP contribution in [-0.2, 0) is 4.79 Å². The van der Waals surface area contributed by atoms with Crippen molar-refractivity contribution in [2.24, 2.45) is 0 Å². The van der Waals surface area contributed by atoms with Crippen molar-refractivity contribution in [3.63, 3.8) is 0 Å². The minimum Gasteiger partial charge on any atom is -0.497 e. The maximum atomic E-state index is 12.8. The van der Waals surface area contributed by atoms with Crippen molar-refractivity contribution in [3.8, 4) is 17.2 Å². The summed E-state index contributed by atoms with van der Waals surface area (Å²) in [5.74, 6) is 1.14. The number of carbonyl (C=O) groups excluding carboxylic acids is 2. The third kappa shape index (κ3) is 5.39. The van der Waals surface area contributed by atoms with E-state index in [1.165, 1.54) is 12.0 Å². The molecular weight excluding hydrogens is 360 g/mol. The van der Waals surface area contributed by atoms with Gasteiger partial charge in [0, 0.05) is 23.9 Å². The maximum Gasteiger partial charge on any atom is 0.254 e. The molecule has 0 spiro atoms. The van der Waals surface area contributed by atoms with E-state index in [1.54, 1.807) is 49.6 Å². The Balaban J connectivity index is 2.09. The molecule has 0 radical (unpaired) electrons. The summed E-state index contributed by atoms with van der Waals surface area (Å²) in [7, 11) is 3.08. The minimum absolute atomic E-state index is 0.0674. The van der Waals surface area contributed by atoms with Gasteiger partial charge in [0.15, 0.2) is 11.5 Å². The quantitative estimate of drug-likeness (QED) is 0.716. The first-order valence-corrected chi connectivity index (χ1v) is 9.06. The van der Waals surface area contributed by atoms with E-state index in [0.717, 1.165) is 0 Å². The van der Waals surface area contributed by atoms with Crippen LogP contribution >= 0.6 is 0 Å². The fourth-order valence-corrected chi connectivity index (χ4v) is 2.66. The Bertz CT molecular complexity index is 822. The Labute approximate surface area is 165 Å². The number of anilines is 1. The zero-order valence-corrected chi connectivity index (χ0v) is 16.7. The lowest BCUT2D eigenvalue weighted by Crippen LogP contribution is -2.37. The zero-order chi connectivity index (χ0) is 20.5. The zero-order valence-electron chi connectivity index (χ0n) is 16.7. The molecule has 0 aromatic heterocycles. The van der Waals surface area contributed by atoms with Crippen molar-refractivity contribution < 1.29 is 23.8 Å². The van der Waals surface area contributed by atoms with Crippen LogP contribution in [0.5, 0.6) is 17.2 Å². The average Bonchev–Trinajstić information content (AvgIpc) is 2.72. The van der Waals surface area contributed by atoms with Gasteiger partial charge >= 0.3 is 0 Å². The molecule has 0 atom stereocenters. The van der Waals surface area contributed by atoms with Crippen LogP contribution in [0, 0.1) is 0 Å². The van der Waals surface area contributed by atoms with Crippen molar-refractivity contribution in [1.82, 2.24) is 4.90 Å². The van der Waals surface area contributed by atoms with E-state index >= 15 is 0 Å². The average molecular weight is 386 g/mol. The maximum absolute atomic E-state index is 12.8. The normalized spacial score (nSPS) is 10.1. The third-order valence-electron chi connectivity index (χ3n) is 4.07. The molecule has 1 N–H and O–H groups in total. The third-order valence-corrected chi connectivity index (χ3v) is 4.07. The number of hydrogen-bond donors (Lipinski definition) is 1. The lowest BCUT2D eigenvalue weighted by atomic mass is 10.1. The van der Waals surface area contributed by atoms with Gasteiger partial charge in [-0.1, -0.05) is 6.07 Å². The summed E-state index contributed by atoms with van der Waals surface area (Å²) in [6.45, 7) is 4.51. The summed E-state index contributed by atoms with van der Waals surface area (Å²) in [5, 5.41) is 2.78. The van der Waals surface area contributed by atoms with Gasteiger partial charge in [-0.3, -0.25) is 9.59 Å². The van der Waals surface area contributed by atoms with Gasteiger partial charge in [0.05, 0.1) is 20.8 Å².